The lowest BCUT2D eigenvalue weighted by atomic mass is 9.87. The Morgan fingerprint density at radius 1 is 1.04 bits per heavy atom. The summed E-state index contributed by atoms with van der Waals surface area (Å²) in [6.07, 6.45) is 0. The van der Waals surface area contributed by atoms with E-state index in [0.29, 0.717) is 10.6 Å². The van der Waals surface area contributed by atoms with E-state index < -0.39 is 0 Å². The van der Waals surface area contributed by atoms with Crippen LogP contribution in [0.4, 0.5) is 5.69 Å². The highest BCUT2D eigenvalue weighted by Gasteiger charge is 2.15. The maximum Gasteiger partial charge on any atom is 0.291 e. The molecular weight excluding hydrogens is 310 g/mol. The topological polar surface area (TPSA) is 42.2 Å². The number of carbonyl (C=O) groups excluding carboxylic acids is 1. The highest BCUT2D eigenvalue weighted by Crippen LogP contribution is 2.25. The van der Waals surface area contributed by atoms with Gasteiger partial charge in [0.15, 0.2) is 5.76 Å². The van der Waals surface area contributed by atoms with Crippen LogP contribution in [0.1, 0.15) is 36.9 Å². The molecule has 0 saturated carbocycles. The third-order valence-corrected chi connectivity index (χ3v) is 3.95. The second-order valence-corrected chi connectivity index (χ2v) is 7.01. The van der Waals surface area contributed by atoms with Gasteiger partial charge >= 0.3 is 0 Å². The number of anilines is 1. The minimum absolute atomic E-state index is 0.0839. The average molecular weight is 328 g/mol. The zero-order valence-electron chi connectivity index (χ0n) is 13.3. The van der Waals surface area contributed by atoms with E-state index >= 15 is 0 Å². The Labute approximate surface area is 140 Å². The summed E-state index contributed by atoms with van der Waals surface area (Å²) in [5.41, 5.74) is 2.68. The number of nitrogens with one attached hydrogen (secondary N) is 1. The van der Waals surface area contributed by atoms with Crippen molar-refractivity contribution in [1.82, 2.24) is 0 Å². The average Bonchev–Trinajstić information content (AvgIpc) is 2.90. The van der Waals surface area contributed by atoms with Gasteiger partial charge in [0.1, 0.15) is 5.58 Å². The van der Waals surface area contributed by atoms with Gasteiger partial charge in [0.05, 0.1) is 0 Å². The summed E-state index contributed by atoms with van der Waals surface area (Å²) in [7, 11) is 0. The minimum Gasteiger partial charge on any atom is -0.451 e. The first-order chi connectivity index (χ1) is 10.8. The molecule has 4 heteroatoms. The number of amides is 1. The Balaban J connectivity index is 1.80. The summed E-state index contributed by atoms with van der Waals surface area (Å²) in [6, 6.07) is 14.8. The normalized spacial score (nSPS) is 11.7. The number of rotatable bonds is 2. The molecule has 0 saturated heterocycles. The molecule has 2 aromatic carbocycles. The van der Waals surface area contributed by atoms with Crippen molar-refractivity contribution in [2.75, 3.05) is 5.32 Å². The van der Waals surface area contributed by atoms with Gasteiger partial charge in [-0.05, 0) is 47.4 Å². The number of furan rings is 1. The standard InChI is InChI=1S/C19H18ClNO2/c1-19(2,3)13-4-7-15(8-5-13)21-18(22)17-11-12-10-14(20)6-9-16(12)23-17/h4-11H,1-3H3,(H,21,22). The summed E-state index contributed by atoms with van der Waals surface area (Å²) in [6.45, 7) is 6.46. The number of benzene rings is 2. The molecule has 3 nitrogen and oxygen atoms in total. The molecule has 0 aliphatic rings. The van der Waals surface area contributed by atoms with Gasteiger partial charge in [-0.3, -0.25) is 4.79 Å². The molecule has 118 valence electrons. The molecule has 1 amide bonds. The molecule has 1 aromatic heterocycles. The predicted octanol–water partition coefficient (Wildman–Crippen LogP) is 5.64. The lowest BCUT2D eigenvalue weighted by Crippen LogP contribution is -2.13. The molecular formula is C19H18ClNO2. The Bertz CT molecular complexity index is 857. The summed E-state index contributed by atoms with van der Waals surface area (Å²) in [5.74, 6) is -0.0111. The molecule has 23 heavy (non-hydrogen) atoms. The Hall–Kier alpha value is -2.26. The maximum atomic E-state index is 12.3. The number of hydrogen-bond acceptors (Lipinski definition) is 2. The third-order valence-electron chi connectivity index (χ3n) is 3.71. The molecule has 0 spiro atoms. The zero-order valence-corrected chi connectivity index (χ0v) is 14.1. The number of carbonyl (C=O) groups is 1. The number of hydrogen-bond donors (Lipinski definition) is 1. The van der Waals surface area contributed by atoms with E-state index in [9.17, 15) is 4.79 Å². The van der Waals surface area contributed by atoms with Crippen LogP contribution >= 0.6 is 11.6 Å². The van der Waals surface area contributed by atoms with Crippen molar-refractivity contribution < 1.29 is 9.21 Å². The van der Waals surface area contributed by atoms with Gasteiger partial charge in [-0.15, -0.1) is 0 Å². The Morgan fingerprint density at radius 2 is 1.74 bits per heavy atom. The third kappa shape index (κ3) is 3.40. The van der Waals surface area contributed by atoms with E-state index in [-0.39, 0.29) is 17.1 Å². The van der Waals surface area contributed by atoms with Crippen molar-refractivity contribution in [3.63, 3.8) is 0 Å². The maximum absolute atomic E-state index is 12.3. The lowest BCUT2D eigenvalue weighted by molar-refractivity contribution is 0.0998. The van der Waals surface area contributed by atoms with Crippen molar-refractivity contribution in [2.45, 2.75) is 26.2 Å². The van der Waals surface area contributed by atoms with Crippen molar-refractivity contribution in [3.05, 3.63) is 64.9 Å². The minimum atomic E-state index is -0.277. The second kappa shape index (κ2) is 5.74. The van der Waals surface area contributed by atoms with Crippen LogP contribution in [0.15, 0.2) is 52.9 Å². The van der Waals surface area contributed by atoms with Crippen LogP contribution in [-0.2, 0) is 5.41 Å². The van der Waals surface area contributed by atoms with Crippen LogP contribution in [0.5, 0.6) is 0 Å². The van der Waals surface area contributed by atoms with Gasteiger partial charge in [-0.25, -0.2) is 0 Å². The van der Waals surface area contributed by atoms with Gasteiger partial charge in [-0.2, -0.15) is 0 Å². The van der Waals surface area contributed by atoms with Crippen LogP contribution < -0.4 is 5.32 Å². The molecule has 3 rings (SSSR count). The quantitative estimate of drug-likeness (QED) is 0.662. The smallest absolute Gasteiger partial charge is 0.291 e. The summed E-state index contributed by atoms with van der Waals surface area (Å²) < 4.78 is 5.56. The van der Waals surface area contributed by atoms with E-state index in [1.165, 1.54) is 5.56 Å². The summed E-state index contributed by atoms with van der Waals surface area (Å²) >= 11 is 5.95. The van der Waals surface area contributed by atoms with Crippen LogP contribution in [0.25, 0.3) is 11.0 Å². The monoisotopic (exact) mass is 327 g/mol. The fourth-order valence-corrected chi connectivity index (χ4v) is 2.55. The molecule has 0 fully saturated rings. The SMILES string of the molecule is CC(C)(C)c1ccc(NC(=O)c2cc3cc(Cl)ccc3o2)cc1. The van der Waals surface area contributed by atoms with E-state index in [4.69, 9.17) is 16.0 Å². The van der Waals surface area contributed by atoms with Crippen molar-refractivity contribution >= 4 is 34.2 Å². The van der Waals surface area contributed by atoms with Gasteiger partial charge in [-0.1, -0.05) is 44.5 Å². The van der Waals surface area contributed by atoms with Gasteiger partial charge < -0.3 is 9.73 Å². The largest absolute Gasteiger partial charge is 0.451 e. The molecule has 0 atom stereocenters. The zero-order chi connectivity index (χ0) is 16.6. The van der Waals surface area contributed by atoms with Crippen LogP contribution in [0.3, 0.4) is 0 Å². The number of halogens is 1. The van der Waals surface area contributed by atoms with Gasteiger partial charge in [0.25, 0.3) is 5.91 Å². The second-order valence-electron chi connectivity index (χ2n) is 6.57. The molecule has 3 aromatic rings. The van der Waals surface area contributed by atoms with Crippen molar-refractivity contribution in [2.24, 2.45) is 0 Å². The Kier molecular flexibility index (Phi) is 3.90. The predicted molar refractivity (Wildman–Crippen MR) is 94.3 cm³/mol. The van der Waals surface area contributed by atoms with Gasteiger partial charge in [0.2, 0.25) is 0 Å². The molecule has 0 radical (unpaired) electrons. The highest BCUT2D eigenvalue weighted by molar-refractivity contribution is 6.31. The van der Waals surface area contributed by atoms with E-state index in [1.54, 1.807) is 24.3 Å². The summed E-state index contributed by atoms with van der Waals surface area (Å²) in [5, 5.41) is 4.27. The first kappa shape index (κ1) is 15.6. The van der Waals surface area contributed by atoms with Gasteiger partial charge in [0, 0.05) is 16.1 Å². The van der Waals surface area contributed by atoms with Crippen LogP contribution in [0, 0.1) is 0 Å². The van der Waals surface area contributed by atoms with E-state index in [2.05, 4.69) is 26.1 Å². The molecule has 1 heterocycles. The van der Waals surface area contributed by atoms with E-state index in [1.807, 2.05) is 24.3 Å². The summed E-state index contributed by atoms with van der Waals surface area (Å²) in [4.78, 5) is 12.3. The lowest BCUT2D eigenvalue weighted by Gasteiger charge is -2.19. The first-order valence-corrected chi connectivity index (χ1v) is 7.82. The molecule has 0 aliphatic heterocycles. The van der Waals surface area contributed by atoms with Crippen LogP contribution in [-0.4, -0.2) is 5.91 Å². The Morgan fingerprint density at radius 3 is 2.39 bits per heavy atom. The number of fused-ring (bicyclic) bond motifs is 1. The fourth-order valence-electron chi connectivity index (χ4n) is 2.37. The molecule has 0 unspecified atom stereocenters. The van der Waals surface area contributed by atoms with Crippen molar-refractivity contribution in [3.8, 4) is 0 Å². The van der Waals surface area contributed by atoms with Crippen LogP contribution in [0.2, 0.25) is 5.02 Å². The first-order valence-electron chi connectivity index (χ1n) is 7.44. The molecule has 1 N–H and O–H groups in total. The van der Waals surface area contributed by atoms with E-state index in [0.717, 1.165) is 11.1 Å². The highest BCUT2D eigenvalue weighted by atomic mass is 35.5. The molecule has 0 aliphatic carbocycles. The fraction of sp³-hybridized carbons (Fsp3) is 0.211. The van der Waals surface area contributed by atoms with Crippen molar-refractivity contribution in [1.29, 1.82) is 0 Å². The molecule has 0 bridgehead atoms.